The molecule has 1 amide bonds. The Morgan fingerprint density at radius 3 is 2.56 bits per heavy atom. The molecule has 6 heteroatoms. The van der Waals surface area contributed by atoms with Crippen molar-refractivity contribution >= 4 is 33.4 Å². The monoisotopic (exact) mass is 480 g/mol. The fourth-order valence-electron chi connectivity index (χ4n) is 6.06. The number of hydrogen-bond acceptors (Lipinski definition) is 3. The van der Waals surface area contributed by atoms with Crippen LogP contribution < -0.4 is 4.74 Å². The molecule has 2 aromatic carbocycles. The Morgan fingerprint density at radius 1 is 1.06 bits per heavy atom. The van der Waals surface area contributed by atoms with Crippen molar-refractivity contribution in [1.82, 2.24) is 19.0 Å². The summed E-state index contributed by atoms with van der Waals surface area (Å²) in [4.78, 5) is 20.4. The number of allylic oxidation sites excluding steroid dienone is 2. The number of amides is 1. The van der Waals surface area contributed by atoms with E-state index in [9.17, 15) is 4.79 Å². The highest BCUT2D eigenvalue weighted by atomic mass is 16.5. The third-order valence-electron chi connectivity index (χ3n) is 8.20. The molecule has 1 aliphatic heterocycles. The van der Waals surface area contributed by atoms with Crippen LogP contribution in [0, 0.1) is 0 Å². The van der Waals surface area contributed by atoms with Gasteiger partial charge < -0.3 is 18.8 Å². The topological polar surface area (TPSA) is 52.3 Å². The van der Waals surface area contributed by atoms with Crippen LogP contribution in [0.2, 0.25) is 0 Å². The summed E-state index contributed by atoms with van der Waals surface area (Å²) in [5, 5.41) is 1.27. The number of para-hydroxylation sites is 1. The lowest BCUT2D eigenvalue weighted by atomic mass is 9.91. The lowest BCUT2D eigenvalue weighted by Crippen LogP contribution is -2.35. The van der Waals surface area contributed by atoms with Crippen LogP contribution in [-0.4, -0.2) is 45.1 Å². The summed E-state index contributed by atoms with van der Waals surface area (Å²) in [6.45, 7) is 1.65. The van der Waals surface area contributed by atoms with E-state index >= 15 is 0 Å². The predicted octanol–water partition coefficient (Wildman–Crippen LogP) is 6.34. The first-order valence-corrected chi connectivity index (χ1v) is 13.3. The normalized spacial score (nSPS) is 17.9. The number of piperidine rings is 1. The molecule has 0 spiro atoms. The molecule has 2 aliphatic carbocycles. The fraction of sp³-hybridized carbons (Fsp3) is 0.400. The van der Waals surface area contributed by atoms with Crippen LogP contribution in [0.4, 0.5) is 0 Å². The van der Waals surface area contributed by atoms with Crippen molar-refractivity contribution in [3.8, 4) is 17.3 Å². The summed E-state index contributed by atoms with van der Waals surface area (Å²) in [5.74, 6) is 1.69. The number of imidazole rings is 1. The van der Waals surface area contributed by atoms with E-state index < -0.39 is 0 Å². The maximum absolute atomic E-state index is 13.3. The number of ether oxygens (including phenoxy) is 1. The average Bonchev–Trinajstić information content (AvgIpc) is 3.56. The highest BCUT2D eigenvalue weighted by molar-refractivity contribution is 6.01. The Hall–Kier alpha value is -3.54. The number of fused-ring (bicyclic) bond motifs is 2. The fourth-order valence-corrected chi connectivity index (χ4v) is 6.06. The van der Waals surface area contributed by atoms with E-state index in [-0.39, 0.29) is 5.91 Å². The van der Waals surface area contributed by atoms with Crippen LogP contribution in [0.1, 0.15) is 66.9 Å². The molecule has 3 aliphatic rings. The van der Waals surface area contributed by atoms with Gasteiger partial charge in [0, 0.05) is 42.7 Å². The van der Waals surface area contributed by atoms with Gasteiger partial charge >= 0.3 is 0 Å². The minimum Gasteiger partial charge on any atom is -0.494 e. The van der Waals surface area contributed by atoms with E-state index in [1.165, 1.54) is 47.7 Å². The lowest BCUT2D eigenvalue weighted by Gasteiger charge is -2.26. The van der Waals surface area contributed by atoms with Gasteiger partial charge in [0.1, 0.15) is 11.3 Å². The molecule has 7 rings (SSSR count). The van der Waals surface area contributed by atoms with Crippen molar-refractivity contribution in [2.45, 2.75) is 51.0 Å². The number of hydrogen-bond donors (Lipinski definition) is 0. The maximum atomic E-state index is 13.3. The first-order chi connectivity index (χ1) is 17.6. The third-order valence-corrected chi connectivity index (χ3v) is 8.20. The second-order valence-electron chi connectivity index (χ2n) is 10.5. The van der Waals surface area contributed by atoms with E-state index in [0.29, 0.717) is 17.4 Å². The molecule has 0 atom stereocenters. The Balaban J connectivity index is 1.40. The number of benzene rings is 2. The van der Waals surface area contributed by atoms with E-state index in [2.05, 4.69) is 46.5 Å². The summed E-state index contributed by atoms with van der Waals surface area (Å²) < 4.78 is 10.5. The number of aryl methyl sites for hydroxylation is 1. The molecule has 36 heavy (non-hydrogen) atoms. The van der Waals surface area contributed by atoms with Gasteiger partial charge in [0.05, 0.1) is 23.8 Å². The quantitative estimate of drug-likeness (QED) is 0.335. The number of likely N-dealkylation sites (tertiary alicyclic amines) is 1. The minimum atomic E-state index is 0.0765. The molecular weight excluding hydrogens is 448 g/mol. The Labute approximate surface area is 211 Å². The molecule has 4 aromatic rings. The molecular formula is C30H32N4O2. The Kier molecular flexibility index (Phi) is 4.98. The van der Waals surface area contributed by atoms with Crippen LogP contribution in [0.5, 0.6) is 5.75 Å². The van der Waals surface area contributed by atoms with Crippen LogP contribution >= 0.6 is 0 Å². The Bertz CT molecular complexity index is 1550. The molecule has 1 saturated carbocycles. The summed E-state index contributed by atoms with van der Waals surface area (Å²) in [7, 11) is 3.74. The SMILES string of the molecule is COc1cc(C(=O)N2CCCCC2)cc2nc(-c3cc4cccc(C5=CCC5)c4n3C3CC3)n(C)c12. The number of methoxy groups -OCH3 is 1. The second kappa shape index (κ2) is 8.26. The number of carbonyl (C=O) groups is 1. The van der Waals surface area contributed by atoms with E-state index in [1.54, 1.807) is 7.11 Å². The molecule has 3 heterocycles. The zero-order valence-corrected chi connectivity index (χ0v) is 21.1. The molecule has 0 radical (unpaired) electrons. The van der Waals surface area contributed by atoms with Gasteiger partial charge in [0.2, 0.25) is 0 Å². The summed E-state index contributed by atoms with van der Waals surface area (Å²) >= 11 is 0. The van der Waals surface area contributed by atoms with Gasteiger partial charge in [0.15, 0.2) is 5.82 Å². The van der Waals surface area contributed by atoms with Crippen LogP contribution in [0.15, 0.2) is 42.5 Å². The molecule has 0 bridgehead atoms. The van der Waals surface area contributed by atoms with Crippen molar-refractivity contribution < 1.29 is 9.53 Å². The van der Waals surface area contributed by atoms with Gasteiger partial charge in [-0.05, 0) is 68.7 Å². The second-order valence-corrected chi connectivity index (χ2v) is 10.5. The van der Waals surface area contributed by atoms with Crippen LogP contribution in [-0.2, 0) is 7.05 Å². The highest BCUT2D eigenvalue weighted by Crippen LogP contribution is 2.46. The first kappa shape index (κ1) is 21.7. The number of rotatable bonds is 5. The van der Waals surface area contributed by atoms with Gasteiger partial charge in [-0.1, -0.05) is 24.3 Å². The van der Waals surface area contributed by atoms with Crippen molar-refractivity contribution in [3.05, 3.63) is 53.6 Å². The van der Waals surface area contributed by atoms with Gasteiger partial charge in [-0.2, -0.15) is 0 Å². The number of nitrogens with zero attached hydrogens (tertiary/aromatic N) is 4. The third kappa shape index (κ3) is 3.30. The molecule has 2 fully saturated rings. The Morgan fingerprint density at radius 2 is 1.86 bits per heavy atom. The molecule has 2 aromatic heterocycles. The van der Waals surface area contributed by atoms with E-state index in [0.717, 1.165) is 54.9 Å². The van der Waals surface area contributed by atoms with Crippen molar-refractivity contribution in [3.63, 3.8) is 0 Å². The average molecular weight is 481 g/mol. The highest BCUT2D eigenvalue weighted by Gasteiger charge is 2.31. The molecule has 6 nitrogen and oxygen atoms in total. The standard InChI is InChI=1S/C30H32N4O2/c1-32-28-24(16-21(18-26(28)36-2)30(35)33-14-4-3-5-15-33)31-29(32)25-17-20-10-7-11-23(19-8-6-9-19)27(20)34(25)22-12-13-22/h7-8,10-11,16-18,22H,3-6,9,12-15H2,1-2H3. The van der Waals surface area contributed by atoms with E-state index in [1.807, 2.05) is 17.0 Å². The maximum Gasteiger partial charge on any atom is 0.254 e. The van der Waals surface area contributed by atoms with Crippen LogP contribution in [0.3, 0.4) is 0 Å². The zero-order chi connectivity index (χ0) is 24.4. The van der Waals surface area contributed by atoms with Crippen LogP contribution in [0.25, 0.3) is 39.0 Å². The molecule has 0 unspecified atom stereocenters. The molecule has 0 N–H and O–H groups in total. The summed E-state index contributed by atoms with van der Waals surface area (Å²) in [5.41, 5.74) is 7.69. The minimum absolute atomic E-state index is 0.0765. The van der Waals surface area contributed by atoms with Gasteiger partial charge in [-0.3, -0.25) is 4.79 Å². The number of carbonyl (C=O) groups excluding carboxylic acids is 1. The van der Waals surface area contributed by atoms with Crippen molar-refractivity contribution in [2.75, 3.05) is 20.2 Å². The van der Waals surface area contributed by atoms with Gasteiger partial charge in [-0.25, -0.2) is 4.98 Å². The summed E-state index contributed by atoms with van der Waals surface area (Å²) in [6.07, 6.45) is 10.4. The zero-order valence-electron chi connectivity index (χ0n) is 21.1. The molecule has 1 saturated heterocycles. The summed E-state index contributed by atoms with van der Waals surface area (Å²) in [6, 6.07) is 13.3. The largest absolute Gasteiger partial charge is 0.494 e. The molecule has 184 valence electrons. The van der Waals surface area contributed by atoms with Gasteiger partial charge in [-0.15, -0.1) is 0 Å². The van der Waals surface area contributed by atoms with Gasteiger partial charge in [0.25, 0.3) is 5.91 Å². The van der Waals surface area contributed by atoms with E-state index in [4.69, 9.17) is 9.72 Å². The van der Waals surface area contributed by atoms with Crippen molar-refractivity contribution in [2.24, 2.45) is 7.05 Å². The smallest absolute Gasteiger partial charge is 0.254 e. The predicted molar refractivity (Wildman–Crippen MR) is 143 cm³/mol. The van der Waals surface area contributed by atoms with Crippen molar-refractivity contribution in [1.29, 1.82) is 0 Å². The first-order valence-electron chi connectivity index (χ1n) is 13.3. The lowest BCUT2D eigenvalue weighted by molar-refractivity contribution is 0.0724. The number of aromatic nitrogens is 3.